The van der Waals surface area contributed by atoms with Crippen LogP contribution in [-0.2, 0) is 11.2 Å². The predicted octanol–water partition coefficient (Wildman–Crippen LogP) is 10.1. The molecule has 0 atom stereocenters. The van der Waals surface area contributed by atoms with Gasteiger partial charge >= 0.3 is 16.2 Å². The molecule has 0 amide bonds. The van der Waals surface area contributed by atoms with Crippen molar-refractivity contribution in [1.82, 2.24) is 0 Å². The van der Waals surface area contributed by atoms with Gasteiger partial charge in [0.1, 0.15) is 10.6 Å². The minimum Gasteiger partial charge on any atom is -0.426 e. The molecular weight excluding hydrogens is 483 g/mol. The summed E-state index contributed by atoms with van der Waals surface area (Å²) >= 11 is 0. The average Bonchev–Trinajstić information content (AvgIpc) is 2.81. The lowest BCUT2D eigenvalue weighted by Crippen LogP contribution is -2.25. The van der Waals surface area contributed by atoms with E-state index in [1.165, 1.54) is 49.7 Å². The van der Waals surface area contributed by atoms with Crippen molar-refractivity contribution in [2.24, 2.45) is 5.92 Å². The molecule has 0 bridgehead atoms. The molecule has 0 N–H and O–H groups in total. The minimum atomic E-state index is -9.74. The number of carbonyl (C=O) groups is 1. The first-order chi connectivity index (χ1) is 16.4. The number of hydrogen-bond donors (Lipinski definition) is 0. The highest BCUT2D eigenvalue weighted by molar-refractivity contribution is 8.45. The van der Waals surface area contributed by atoms with Crippen molar-refractivity contribution in [2.45, 2.75) is 88.4 Å². The van der Waals surface area contributed by atoms with E-state index in [9.17, 15) is 24.2 Å². The van der Waals surface area contributed by atoms with Crippen molar-refractivity contribution in [3.63, 3.8) is 0 Å². The summed E-state index contributed by atoms with van der Waals surface area (Å²) in [5.41, 5.74) is 2.60. The molecular formula is C27H35F5O2S. The second-order valence-electron chi connectivity index (χ2n) is 9.67. The molecule has 0 aliphatic heterocycles. The fraction of sp³-hybridized carbons (Fsp3) is 0.519. The Morgan fingerprint density at radius 2 is 1.37 bits per heavy atom. The van der Waals surface area contributed by atoms with Crippen LogP contribution in [0.4, 0.5) is 19.4 Å². The van der Waals surface area contributed by atoms with Gasteiger partial charge in [-0.15, -0.1) is 0 Å². The summed E-state index contributed by atoms with van der Waals surface area (Å²) in [6.45, 7) is 2.22. The molecule has 1 aliphatic carbocycles. The van der Waals surface area contributed by atoms with E-state index in [0.29, 0.717) is 18.8 Å². The maximum absolute atomic E-state index is 12.8. The van der Waals surface area contributed by atoms with E-state index in [1.807, 2.05) is 0 Å². The zero-order chi connectivity index (χ0) is 25.6. The van der Waals surface area contributed by atoms with Crippen LogP contribution in [-0.4, -0.2) is 5.97 Å². The van der Waals surface area contributed by atoms with Gasteiger partial charge in [-0.05, 0) is 79.8 Å². The fourth-order valence-electron chi connectivity index (χ4n) is 4.69. The van der Waals surface area contributed by atoms with Gasteiger partial charge in [-0.2, -0.15) is 0 Å². The normalized spacial score (nSPS) is 20.6. The lowest BCUT2D eigenvalue weighted by molar-refractivity contribution is -0.140. The summed E-state index contributed by atoms with van der Waals surface area (Å²) < 4.78 is 69.3. The molecule has 0 radical (unpaired) electrons. The molecule has 196 valence electrons. The maximum Gasteiger partial charge on any atom is 0.314 e. The van der Waals surface area contributed by atoms with Crippen molar-refractivity contribution in [3.8, 4) is 5.75 Å². The van der Waals surface area contributed by atoms with Gasteiger partial charge in [-0.1, -0.05) is 82.7 Å². The van der Waals surface area contributed by atoms with Gasteiger partial charge in [0.15, 0.2) is 0 Å². The van der Waals surface area contributed by atoms with Gasteiger partial charge in [0.05, 0.1) is 5.92 Å². The van der Waals surface area contributed by atoms with Crippen LogP contribution in [0.25, 0.3) is 0 Å². The summed E-state index contributed by atoms with van der Waals surface area (Å²) in [6, 6.07) is 10.8. The second-order valence-corrected chi connectivity index (χ2v) is 12.1. The molecule has 0 spiro atoms. The number of esters is 1. The van der Waals surface area contributed by atoms with E-state index in [2.05, 4.69) is 31.2 Å². The number of ether oxygens (including phenoxy) is 1. The van der Waals surface area contributed by atoms with Crippen LogP contribution >= 0.6 is 10.2 Å². The molecule has 0 aromatic heterocycles. The van der Waals surface area contributed by atoms with Crippen molar-refractivity contribution in [1.29, 1.82) is 0 Å². The van der Waals surface area contributed by atoms with Gasteiger partial charge < -0.3 is 4.74 Å². The van der Waals surface area contributed by atoms with Crippen LogP contribution < -0.4 is 4.74 Å². The number of aryl methyl sites for hydroxylation is 1. The molecule has 8 heteroatoms. The maximum atomic E-state index is 12.8. The Morgan fingerprint density at radius 1 is 0.800 bits per heavy atom. The molecule has 2 aromatic carbocycles. The van der Waals surface area contributed by atoms with E-state index in [4.69, 9.17) is 4.74 Å². The van der Waals surface area contributed by atoms with Gasteiger partial charge in [0.2, 0.25) is 0 Å². The Hall–Kier alpha value is -2.09. The zero-order valence-corrected chi connectivity index (χ0v) is 21.0. The number of rotatable bonds is 11. The zero-order valence-electron chi connectivity index (χ0n) is 20.2. The van der Waals surface area contributed by atoms with Crippen molar-refractivity contribution in [2.75, 3.05) is 0 Å². The topological polar surface area (TPSA) is 26.3 Å². The highest BCUT2D eigenvalue weighted by atomic mass is 32.5. The molecule has 0 unspecified atom stereocenters. The molecule has 3 rings (SSSR count). The van der Waals surface area contributed by atoms with Gasteiger partial charge in [-0.3, -0.25) is 4.79 Å². The third-order valence-electron chi connectivity index (χ3n) is 6.82. The number of unbranched alkanes of at least 4 members (excludes halogenated alkanes) is 5. The van der Waals surface area contributed by atoms with E-state index in [1.54, 1.807) is 0 Å². The monoisotopic (exact) mass is 518 g/mol. The summed E-state index contributed by atoms with van der Waals surface area (Å²) in [5.74, 6) is -0.686. The number of halogens is 5. The molecule has 2 aromatic rings. The Balaban J connectivity index is 1.44. The van der Waals surface area contributed by atoms with Crippen molar-refractivity contribution in [3.05, 3.63) is 59.7 Å². The van der Waals surface area contributed by atoms with E-state index in [0.717, 1.165) is 31.4 Å². The van der Waals surface area contributed by atoms with Crippen LogP contribution in [0.5, 0.6) is 5.75 Å². The van der Waals surface area contributed by atoms with Crippen LogP contribution in [0, 0.1) is 5.92 Å². The highest BCUT2D eigenvalue weighted by Gasteiger charge is 2.65. The van der Waals surface area contributed by atoms with Crippen LogP contribution in [0.15, 0.2) is 53.4 Å². The SMILES string of the molecule is CCCCCCCCc1ccc(C2CCC(C(=O)Oc3ccc(S(F)(F)(F)(F)F)cc3)CC2)cc1. The second kappa shape index (κ2) is 10.5. The molecule has 1 saturated carbocycles. The third-order valence-corrected chi connectivity index (χ3v) is 7.98. The Morgan fingerprint density at radius 3 is 1.94 bits per heavy atom. The summed E-state index contributed by atoms with van der Waals surface area (Å²) in [6.07, 6.45) is 11.6. The number of benzene rings is 2. The minimum absolute atomic E-state index is 0.163. The van der Waals surface area contributed by atoms with Crippen LogP contribution in [0.3, 0.4) is 0 Å². The first-order valence-electron chi connectivity index (χ1n) is 12.5. The first kappa shape index (κ1) is 27.5. The third kappa shape index (κ3) is 8.51. The standard InChI is InChI=1S/C27H35F5O2S/c1-2-3-4-5-6-7-8-21-9-11-22(12-10-21)23-13-15-24(16-14-23)27(33)34-25-17-19-26(20-18-25)35(28,29,30,31)32/h9-12,17-20,23-24H,2-8,13-16H2,1H3. The van der Waals surface area contributed by atoms with Gasteiger partial charge in [-0.25, -0.2) is 0 Å². The van der Waals surface area contributed by atoms with Gasteiger partial charge in [0.25, 0.3) is 0 Å². The quantitative estimate of drug-likeness (QED) is 0.128. The largest absolute Gasteiger partial charge is 0.426 e. The van der Waals surface area contributed by atoms with E-state index in [-0.39, 0.29) is 23.8 Å². The lowest BCUT2D eigenvalue weighted by atomic mass is 9.78. The van der Waals surface area contributed by atoms with Crippen molar-refractivity contribution < 1.29 is 29.0 Å². The first-order valence-corrected chi connectivity index (χ1v) is 14.5. The molecule has 0 heterocycles. The molecule has 0 saturated heterocycles. The smallest absolute Gasteiger partial charge is 0.314 e. The average molecular weight is 519 g/mol. The van der Waals surface area contributed by atoms with Crippen molar-refractivity contribution >= 4 is 16.2 Å². The van der Waals surface area contributed by atoms with Crippen LogP contribution in [0.1, 0.15) is 88.2 Å². The number of carbonyl (C=O) groups excluding carboxylic acids is 1. The highest BCUT2D eigenvalue weighted by Crippen LogP contribution is 3.02. The van der Waals surface area contributed by atoms with E-state index >= 15 is 0 Å². The number of hydrogen-bond acceptors (Lipinski definition) is 2. The molecule has 35 heavy (non-hydrogen) atoms. The summed E-state index contributed by atoms with van der Waals surface area (Å²) in [7, 11) is -9.74. The van der Waals surface area contributed by atoms with E-state index < -0.39 is 21.1 Å². The Kier molecular flexibility index (Phi) is 8.24. The summed E-state index contributed by atoms with van der Waals surface area (Å²) in [5, 5.41) is 0. The Labute approximate surface area is 205 Å². The fourth-order valence-corrected chi connectivity index (χ4v) is 5.34. The predicted molar refractivity (Wildman–Crippen MR) is 132 cm³/mol. The molecule has 2 nitrogen and oxygen atoms in total. The molecule has 1 fully saturated rings. The van der Waals surface area contributed by atoms with Gasteiger partial charge in [0, 0.05) is 0 Å². The van der Waals surface area contributed by atoms with Crippen LogP contribution in [0.2, 0.25) is 0 Å². The Bertz CT molecular complexity index is 964. The summed E-state index contributed by atoms with van der Waals surface area (Å²) in [4.78, 5) is 10.5. The lowest BCUT2D eigenvalue weighted by Gasteiger charge is -2.40. The molecule has 1 aliphatic rings.